The number of halogens is 2. The number of amides is 1. The van der Waals surface area contributed by atoms with Crippen LogP contribution >= 0.6 is 22.9 Å². The molecule has 1 spiro atoms. The lowest BCUT2D eigenvalue weighted by Gasteiger charge is -2.27. The van der Waals surface area contributed by atoms with Crippen LogP contribution in [0.1, 0.15) is 18.9 Å². The molecule has 4 rings (SSSR count). The third-order valence-electron chi connectivity index (χ3n) is 5.09. The molecule has 8 heteroatoms. The number of nitrogens with zero attached hydrogens (tertiary/aromatic N) is 3. The van der Waals surface area contributed by atoms with Gasteiger partial charge >= 0.3 is 0 Å². The van der Waals surface area contributed by atoms with Crippen molar-refractivity contribution in [2.24, 2.45) is 0 Å². The van der Waals surface area contributed by atoms with Crippen molar-refractivity contribution in [3.63, 3.8) is 0 Å². The normalized spacial score (nSPS) is 22.2. The zero-order valence-electron chi connectivity index (χ0n) is 14.2. The van der Waals surface area contributed by atoms with Crippen LogP contribution < -0.4 is 10.2 Å². The van der Waals surface area contributed by atoms with Crippen molar-refractivity contribution in [1.29, 1.82) is 0 Å². The van der Waals surface area contributed by atoms with Gasteiger partial charge in [-0.2, -0.15) is 0 Å². The van der Waals surface area contributed by atoms with E-state index in [-0.39, 0.29) is 11.2 Å². The summed E-state index contributed by atoms with van der Waals surface area (Å²) in [5, 5.41) is 4.01. The average molecular weight is 393 g/mol. The van der Waals surface area contributed by atoms with Gasteiger partial charge in [-0.15, -0.1) is 0 Å². The summed E-state index contributed by atoms with van der Waals surface area (Å²) in [6.07, 6.45) is 5.27. The third kappa shape index (κ3) is 2.85. The van der Waals surface area contributed by atoms with E-state index in [0.717, 1.165) is 29.9 Å². The maximum Gasteiger partial charge on any atom is 0.209 e. The van der Waals surface area contributed by atoms with Crippen LogP contribution in [0.15, 0.2) is 36.3 Å². The fourth-order valence-electron chi connectivity index (χ4n) is 3.92. The van der Waals surface area contributed by atoms with Crippen molar-refractivity contribution < 1.29 is 9.18 Å². The molecule has 136 valence electrons. The highest BCUT2D eigenvalue weighted by atomic mass is 35.5. The van der Waals surface area contributed by atoms with Crippen LogP contribution in [0.4, 0.5) is 15.2 Å². The Hall–Kier alpha value is -2.12. The van der Waals surface area contributed by atoms with Gasteiger partial charge in [0, 0.05) is 30.7 Å². The second-order valence-electron chi connectivity index (χ2n) is 6.62. The van der Waals surface area contributed by atoms with Gasteiger partial charge in [-0.1, -0.05) is 22.9 Å². The predicted molar refractivity (Wildman–Crippen MR) is 102 cm³/mol. The lowest BCUT2D eigenvalue weighted by Crippen LogP contribution is -2.37. The highest BCUT2D eigenvalue weighted by molar-refractivity contribution is 7.19. The molecule has 2 aromatic rings. The zero-order chi connectivity index (χ0) is 18.3. The average Bonchev–Trinajstić information content (AvgIpc) is 3.32. The van der Waals surface area contributed by atoms with Gasteiger partial charge in [0.25, 0.3) is 0 Å². The quantitative estimate of drug-likeness (QED) is 0.803. The Morgan fingerprint density at radius 3 is 2.96 bits per heavy atom. The Balaban J connectivity index is 1.70. The van der Waals surface area contributed by atoms with E-state index in [1.807, 2.05) is 19.1 Å². The summed E-state index contributed by atoms with van der Waals surface area (Å²) in [5.74, 6) is 0.613. The summed E-state index contributed by atoms with van der Waals surface area (Å²) >= 11 is 7.34. The highest BCUT2D eigenvalue weighted by Crippen LogP contribution is 2.47. The van der Waals surface area contributed by atoms with E-state index < -0.39 is 0 Å². The maximum atomic E-state index is 14.0. The minimum Gasteiger partial charge on any atom is -0.344 e. The zero-order valence-corrected chi connectivity index (χ0v) is 15.8. The number of carbonyl (C=O) groups is 1. The first-order chi connectivity index (χ1) is 12.5. The van der Waals surface area contributed by atoms with Crippen molar-refractivity contribution in [2.75, 3.05) is 29.9 Å². The van der Waals surface area contributed by atoms with E-state index in [9.17, 15) is 9.18 Å². The molecular formula is C18H18ClFN4OS. The minimum absolute atomic E-state index is 0.253. The number of hydrogen-bond donors (Lipinski definition) is 1. The molecule has 1 amide bonds. The van der Waals surface area contributed by atoms with E-state index in [2.05, 4.69) is 15.2 Å². The number of anilines is 2. The number of carbonyl (C=O) groups excluding carboxylic acids is 1. The molecule has 1 aromatic carbocycles. The van der Waals surface area contributed by atoms with Gasteiger partial charge in [-0.3, -0.25) is 4.79 Å². The molecule has 5 nitrogen and oxygen atoms in total. The second-order valence-corrected chi connectivity index (χ2v) is 8.28. The number of benzene rings is 1. The number of fused-ring (bicyclic) bond motifs is 2. The van der Waals surface area contributed by atoms with Gasteiger partial charge in [0.15, 0.2) is 5.13 Å². The van der Waals surface area contributed by atoms with Gasteiger partial charge < -0.3 is 15.1 Å². The van der Waals surface area contributed by atoms with E-state index in [4.69, 9.17) is 11.6 Å². The molecule has 26 heavy (non-hydrogen) atoms. The van der Waals surface area contributed by atoms with E-state index in [1.54, 1.807) is 17.2 Å². The highest BCUT2D eigenvalue weighted by Gasteiger charge is 2.48. The minimum atomic E-state index is -0.255. The summed E-state index contributed by atoms with van der Waals surface area (Å²) in [4.78, 5) is 19.4. The predicted octanol–water partition coefficient (Wildman–Crippen LogP) is 3.83. The molecule has 2 aliphatic rings. The first-order valence-corrected chi connectivity index (χ1v) is 9.56. The maximum absolute atomic E-state index is 14.0. The van der Waals surface area contributed by atoms with Crippen LogP contribution in [0, 0.1) is 5.82 Å². The molecular weight excluding hydrogens is 375 g/mol. The largest absolute Gasteiger partial charge is 0.344 e. The number of thiazole rings is 1. The Morgan fingerprint density at radius 1 is 1.46 bits per heavy atom. The van der Waals surface area contributed by atoms with E-state index >= 15 is 0 Å². The van der Waals surface area contributed by atoms with Crippen LogP contribution in [0.5, 0.6) is 0 Å². The lowest BCUT2D eigenvalue weighted by molar-refractivity contribution is -0.117. The first kappa shape index (κ1) is 17.3. The van der Waals surface area contributed by atoms with Crippen LogP contribution in [0.2, 0.25) is 4.34 Å². The summed E-state index contributed by atoms with van der Waals surface area (Å²) in [6.45, 7) is 3.91. The smallest absolute Gasteiger partial charge is 0.209 e. The van der Waals surface area contributed by atoms with Crippen LogP contribution in [-0.4, -0.2) is 35.9 Å². The van der Waals surface area contributed by atoms with Crippen molar-refractivity contribution in [2.45, 2.75) is 18.8 Å². The molecule has 1 saturated heterocycles. The molecule has 1 aromatic heterocycles. The van der Waals surface area contributed by atoms with E-state index in [1.165, 1.54) is 17.4 Å². The molecule has 0 bridgehead atoms. The van der Waals surface area contributed by atoms with Crippen LogP contribution in [0.3, 0.4) is 0 Å². The Kier molecular flexibility index (Phi) is 4.36. The van der Waals surface area contributed by atoms with Crippen molar-refractivity contribution in [3.8, 4) is 0 Å². The summed E-state index contributed by atoms with van der Waals surface area (Å²) < 4.78 is 14.6. The topological polar surface area (TPSA) is 48.5 Å². The van der Waals surface area contributed by atoms with Crippen LogP contribution in [-0.2, 0) is 10.2 Å². The van der Waals surface area contributed by atoms with Crippen molar-refractivity contribution in [1.82, 2.24) is 9.88 Å². The molecule has 1 fully saturated rings. The molecule has 3 heterocycles. The fourth-order valence-corrected chi connectivity index (χ4v) is 4.74. The SMILES string of the molecule is CC=C(Nc1ncc(Cl)s1)N1CC2(CCN(C=O)C2)c2cc(F)ccc21. The van der Waals surface area contributed by atoms with Crippen molar-refractivity contribution >= 4 is 40.2 Å². The monoisotopic (exact) mass is 392 g/mol. The molecule has 0 radical (unpaired) electrons. The molecule has 0 saturated carbocycles. The number of likely N-dealkylation sites (tertiary alicyclic amines) is 1. The summed E-state index contributed by atoms with van der Waals surface area (Å²) in [5.41, 5.74) is 1.66. The number of allylic oxidation sites excluding steroid dienone is 1. The molecule has 1 N–H and O–H groups in total. The summed E-state index contributed by atoms with van der Waals surface area (Å²) in [7, 11) is 0. The third-order valence-corrected chi connectivity index (χ3v) is 6.12. The Bertz CT molecular complexity index is 886. The van der Waals surface area contributed by atoms with Crippen molar-refractivity contribution in [3.05, 3.63) is 52.0 Å². The van der Waals surface area contributed by atoms with Gasteiger partial charge in [0.1, 0.15) is 16.0 Å². The molecule has 1 atom stereocenters. The fraction of sp³-hybridized carbons (Fsp3) is 0.333. The molecule has 0 aliphatic carbocycles. The Morgan fingerprint density at radius 2 is 2.31 bits per heavy atom. The lowest BCUT2D eigenvalue weighted by atomic mass is 9.81. The number of aromatic nitrogens is 1. The van der Waals surface area contributed by atoms with Gasteiger partial charge in [0.05, 0.1) is 6.20 Å². The van der Waals surface area contributed by atoms with E-state index in [0.29, 0.717) is 29.1 Å². The molecule has 1 unspecified atom stereocenters. The first-order valence-electron chi connectivity index (χ1n) is 8.36. The molecule has 2 aliphatic heterocycles. The Labute approximate surface area is 160 Å². The summed E-state index contributed by atoms with van der Waals surface area (Å²) in [6, 6.07) is 4.89. The van der Waals surface area contributed by atoms with Crippen LogP contribution in [0.25, 0.3) is 0 Å². The van der Waals surface area contributed by atoms with Gasteiger partial charge in [-0.25, -0.2) is 9.37 Å². The number of rotatable bonds is 4. The van der Waals surface area contributed by atoms with Gasteiger partial charge in [-0.05, 0) is 43.2 Å². The number of nitrogens with one attached hydrogen (secondary N) is 1. The van der Waals surface area contributed by atoms with Gasteiger partial charge in [0.2, 0.25) is 6.41 Å². The second kappa shape index (κ2) is 6.55. The standard InChI is InChI=1S/C18H18ClFN4OS/c1-2-16(22-17-21-8-15(19)26-17)24-10-18(5-6-23(9-18)11-25)13-7-12(20)3-4-14(13)24/h2-4,7-8,11H,5-6,9-10H2,1H3,(H,21,22). The number of hydrogen-bond acceptors (Lipinski definition) is 5.